The van der Waals surface area contributed by atoms with E-state index in [1.165, 1.54) is 0 Å². The molecule has 1 unspecified atom stereocenters. The second-order valence-corrected chi connectivity index (χ2v) is 9.07. The van der Waals surface area contributed by atoms with Crippen LogP contribution in [0.5, 0.6) is 5.75 Å². The molecule has 3 aromatic carbocycles. The number of ether oxygens (including phenoxy) is 1. The van der Waals surface area contributed by atoms with Crippen LogP contribution in [0.25, 0.3) is 5.76 Å². The van der Waals surface area contributed by atoms with Gasteiger partial charge in [-0.2, -0.15) is 0 Å². The highest BCUT2D eigenvalue weighted by Gasteiger charge is 2.43. The molecule has 2 N–H and O–H groups in total. The van der Waals surface area contributed by atoms with Crippen molar-refractivity contribution in [3.05, 3.63) is 112 Å². The number of rotatable bonds is 4. The van der Waals surface area contributed by atoms with Crippen LogP contribution in [0.3, 0.4) is 0 Å². The largest absolute Gasteiger partial charge is 0.507 e. The second kappa shape index (κ2) is 9.43. The van der Waals surface area contributed by atoms with Crippen molar-refractivity contribution >= 4 is 34.7 Å². The summed E-state index contributed by atoms with van der Waals surface area (Å²) in [5.74, 6) is 0.296. The van der Waals surface area contributed by atoms with Crippen LogP contribution < -0.4 is 9.64 Å². The summed E-state index contributed by atoms with van der Waals surface area (Å²) < 4.78 is 5.33. The number of aliphatic hydroxyl groups excluding tert-OH is 1. The maximum atomic E-state index is 13.5. The maximum absolute atomic E-state index is 13.5. The quantitative estimate of drug-likeness (QED) is 0.395. The maximum Gasteiger partial charge on any atom is 0.161 e. The van der Waals surface area contributed by atoms with Crippen LogP contribution in [-0.2, 0) is 4.79 Å². The number of nitrogens with zero attached hydrogens (tertiary/aromatic N) is 1. The minimum atomic E-state index is -0.569. The highest BCUT2D eigenvalue weighted by atomic mass is 35.5. The van der Waals surface area contributed by atoms with Gasteiger partial charge in [0, 0.05) is 45.5 Å². The monoisotopic (exact) mass is 484 g/mol. The zero-order valence-corrected chi connectivity index (χ0v) is 20.0. The molecule has 1 atom stereocenters. The van der Waals surface area contributed by atoms with Gasteiger partial charge in [0.25, 0.3) is 0 Å². The SMILES string of the molecule is COc1ccc(C2C3=C(CCCC3=O)N(c3ccc(Cl)cc3)C(=N)/C2=C(/O)c2ccccc2)cc1. The molecule has 5 nitrogen and oxygen atoms in total. The molecule has 1 aliphatic heterocycles. The minimum Gasteiger partial charge on any atom is -0.507 e. The number of hydrogen-bond donors (Lipinski definition) is 2. The van der Waals surface area contributed by atoms with Gasteiger partial charge in [-0.05, 0) is 54.8 Å². The van der Waals surface area contributed by atoms with Gasteiger partial charge in [-0.1, -0.05) is 54.1 Å². The van der Waals surface area contributed by atoms with Gasteiger partial charge in [-0.3, -0.25) is 15.1 Å². The Kier molecular flexibility index (Phi) is 6.18. The number of ketones is 1. The Morgan fingerprint density at radius 3 is 2.34 bits per heavy atom. The molecule has 1 aliphatic carbocycles. The Morgan fingerprint density at radius 2 is 1.69 bits per heavy atom. The molecule has 0 bridgehead atoms. The molecule has 0 spiro atoms. The molecule has 0 radical (unpaired) electrons. The number of carbonyl (C=O) groups excluding carboxylic acids is 1. The summed E-state index contributed by atoms with van der Waals surface area (Å²) in [6.45, 7) is 0. The predicted octanol–water partition coefficient (Wildman–Crippen LogP) is 6.91. The number of carbonyl (C=O) groups is 1. The van der Waals surface area contributed by atoms with E-state index in [1.54, 1.807) is 36.3 Å². The molecule has 0 aromatic heterocycles. The number of benzene rings is 3. The highest BCUT2D eigenvalue weighted by Crippen LogP contribution is 2.48. The molecule has 176 valence electrons. The Bertz CT molecular complexity index is 1340. The average molecular weight is 485 g/mol. The number of methoxy groups -OCH3 is 1. The molecule has 2 aliphatic rings. The number of amidine groups is 1. The van der Waals surface area contributed by atoms with E-state index in [4.69, 9.17) is 16.3 Å². The molecular formula is C29H25ClN2O3. The standard InChI is InChI=1S/C29H25ClN2O3/c1-35-22-16-10-18(11-17-22)25-26-23(8-5-9-24(26)33)32(21-14-12-20(30)13-15-21)29(31)27(25)28(34)19-6-3-2-4-7-19/h2-4,6-7,10-17,25,31,34H,5,8-9H2,1H3/b28-27+,31-29?. The average Bonchev–Trinajstić information content (AvgIpc) is 2.89. The summed E-state index contributed by atoms with van der Waals surface area (Å²) in [4.78, 5) is 15.3. The zero-order valence-electron chi connectivity index (χ0n) is 19.3. The lowest BCUT2D eigenvalue weighted by molar-refractivity contribution is -0.116. The summed E-state index contributed by atoms with van der Waals surface area (Å²) in [7, 11) is 1.60. The van der Waals surface area contributed by atoms with E-state index in [0.717, 1.165) is 16.9 Å². The lowest BCUT2D eigenvalue weighted by Gasteiger charge is -2.41. The molecule has 5 rings (SSSR count). The fourth-order valence-electron chi connectivity index (χ4n) is 4.95. The number of aliphatic hydroxyl groups is 1. The van der Waals surface area contributed by atoms with E-state index in [1.807, 2.05) is 54.6 Å². The van der Waals surface area contributed by atoms with Crippen LogP contribution in [0.15, 0.2) is 95.7 Å². The third kappa shape index (κ3) is 4.13. The fraction of sp³-hybridized carbons (Fsp3) is 0.172. The summed E-state index contributed by atoms with van der Waals surface area (Å²) in [5.41, 5.74) is 3.97. The van der Waals surface area contributed by atoms with E-state index in [9.17, 15) is 15.3 Å². The van der Waals surface area contributed by atoms with Crippen molar-refractivity contribution in [2.45, 2.75) is 25.2 Å². The van der Waals surface area contributed by atoms with Crippen molar-refractivity contribution < 1.29 is 14.6 Å². The molecule has 35 heavy (non-hydrogen) atoms. The number of halogens is 1. The molecule has 1 heterocycles. The molecule has 6 heteroatoms. The van der Waals surface area contributed by atoms with Gasteiger partial charge in [0.1, 0.15) is 17.3 Å². The molecule has 0 saturated carbocycles. The number of anilines is 1. The summed E-state index contributed by atoms with van der Waals surface area (Å²) in [6, 6.07) is 23.9. The van der Waals surface area contributed by atoms with E-state index in [2.05, 4.69) is 0 Å². The first kappa shape index (κ1) is 22.9. The van der Waals surface area contributed by atoms with Crippen LogP contribution >= 0.6 is 11.6 Å². The predicted molar refractivity (Wildman–Crippen MR) is 139 cm³/mol. The summed E-state index contributed by atoms with van der Waals surface area (Å²) in [6.07, 6.45) is 1.82. The molecule has 0 saturated heterocycles. The Hall–Kier alpha value is -3.83. The third-order valence-electron chi connectivity index (χ3n) is 6.59. The van der Waals surface area contributed by atoms with Crippen LogP contribution in [0.4, 0.5) is 5.69 Å². The lowest BCUT2D eigenvalue weighted by Crippen LogP contribution is -2.42. The van der Waals surface area contributed by atoms with Crippen molar-refractivity contribution in [2.75, 3.05) is 12.0 Å². The van der Waals surface area contributed by atoms with Crippen LogP contribution in [-0.4, -0.2) is 23.8 Å². The smallest absolute Gasteiger partial charge is 0.161 e. The normalized spacial score (nSPS) is 19.5. The first-order chi connectivity index (χ1) is 17.0. The minimum absolute atomic E-state index is 0.0136. The number of hydrogen-bond acceptors (Lipinski definition) is 4. The van der Waals surface area contributed by atoms with E-state index in [0.29, 0.717) is 46.7 Å². The van der Waals surface area contributed by atoms with Gasteiger partial charge in [-0.15, -0.1) is 0 Å². The lowest BCUT2D eigenvalue weighted by atomic mass is 9.73. The Morgan fingerprint density at radius 1 is 1.00 bits per heavy atom. The van der Waals surface area contributed by atoms with Crippen molar-refractivity contribution in [3.8, 4) is 5.75 Å². The van der Waals surface area contributed by atoms with Crippen molar-refractivity contribution in [1.82, 2.24) is 0 Å². The summed E-state index contributed by atoms with van der Waals surface area (Å²) >= 11 is 6.14. The molecule has 3 aromatic rings. The van der Waals surface area contributed by atoms with E-state index in [-0.39, 0.29) is 17.4 Å². The van der Waals surface area contributed by atoms with Gasteiger partial charge >= 0.3 is 0 Å². The Labute approximate surface area is 209 Å². The van der Waals surface area contributed by atoms with Crippen molar-refractivity contribution in [3.63, 3.8) is 0 Å². The van der Waals surface area contributed by atoms with Gasteiger partial charge < -0.3 is 9.84 Å². The summed E-state index contributed by atoms with van der Waals surface area (Å²) in [5, 5.41) is 21.5. The molecule has 0 amide bonds. The topological polar surface area (TPSA) is 73.6 Å². The zero-order chi connectivity index (χ0) is 24.5. The molecular weight excluding hydrogens is 460 g/mol. The van der Waals surface area contributed by atoms with Gasteiger partial charge in [0.05, 0.1) is 7.11 Å². The Balaban J connectivity index is 1.80. The van der Waals surface area contributed by atoms with Crippen LogP contribution in [0.2, 0.25) is 5.02 Å². The first-order valence-corrected chi connectivity index (χ1v) is 11.9. The van der Waals surface area contributed by atoms with E-state index >= 15 is 0 Å². The first-order valence-electron chi connectivity index (χ1n) is 11.5. The third-order valence-corrected chi connectivity index (χ3v) is 6.84. The number of allylic oxidation sites excluding steroid dienone is 2. The van der Waals surface area contributed by atoms with Crippen LogP contribution in [0, 0.1) is 5.41 Å². The van der Waals surface area contributed by atoms with Gasteiger partial charge in [0.2, 0.25) is 0 Å². The van der Waals surface area contributed by atoms with Gasteiger partial charge in [-0.25, -0.2) is 0 Å². The van der Waals surface area contributed by atoms with Crippen LogP contribution in [0.1, 0.15) is 36.3 Å². The number of nitrogens with one attached hydrogen (secondary N) is 1. The van der Waals surface area contributed by atoms with Crippen molar-refractivity contribution in [1.29, 1.82) is 5.41 Å². The van der Waals surface area contributed by atoms with Gasteiger partial charge in [0.15, 0.2) is 5.78 Å². The van der Waals surface area contributed by atoms with Crippen molar-refractivity contribution in [2.24, 2.45) is 0 Å². The highest BCUT2D eigenvalue weighted by molar-refractivity contribution is 6.30. The second-order valence-electron chi connectivity index (χ2n) is 8.63. The number of Topliss-reactive ketones (excluding diaryl/α,β-unsaturated/α-hetero) is 1. The fourth-order valence-corrected chi connectivity index (χ4v) is 5.07. The molecule has 0 fully saturated rings. The van der Waals surface area contributed by atoms with E-state index < -0.39 is 5.92 Å².